The molecule has 75 valence electrons. The van der Waals surface area contributed by atoms with Gasteiger partial charge in [-0.25, -0.2) is 0 Å². The molecule has 0 aliphatic heterocycles. The van der Waals surface area contributed by atoms with Crippen LogP contribution in [-0.2, 0) is 0 Å². The lowest BCUT2D eigenvalue weighted by Gasteiger charge is -2.26. The maximum Gasteiger partial charge on any atom is 0.127 e. The van der Waals surface area contributed by atoms with E-state index in [4.69, 9.17) is 4.74 Å². The highest BCUT2D eigenvalue weighted by molar-refractivity contribution is 5.19. The third-order valence-electron chi connectivity index (χ3n) is 2.94. The molecule has 0 saturated heterocycles. The minimum atomic E-state index is 0.421. The van der Waals surface area contributed by atoms with Crippen LogP contribution in [0, 0.1) is 12.0 Å². The Hall–Kier alpha value is -0.980. The number of hydrogen-bond donors (Lipinski definition) is 0. The first-order chi connectivity index (χ1) is 6.84. The molecule has 0 aromatic heterocycles. The Kier molecular flexibility index (Phi) is 3.07. The van der Waals surface area contributed by atoms with Crippen LogP contribution in [0.15, 0.2) is 24.3 Å². The Balaban J connectivity index is 1.87. The van der Waals surface area contributed by atoms with Crippen molar-refractivity contribution in [2.24, 2.45) is 5.92 Å². The van der Waals surface area contributed by atoms with E-state index in [0.717, 1.165) is 11.7 Å². The Morgan fingerprint density at radius 1 is 1.21 bits per heavy atom. The van der Waals surface area contributed by atoms with E-state index in [1.807, 2.05) is 24.3 Å². The Bertz CT molecular complexity index is 260. The maximum absolute atomic E-state index is 5.85. The zero-order chi connectivity index (χ0) is 9.80. The third-order valence-corrected chi connectivity index (χ3v) is 2.94. The SMILES string of the molecule is CC1CCC(Oc2[c]cccc2)CC1. The van der Waals surface area contributed by atoms with Crippen molar-refractivity contribution < 1.29 is 4.74 Å². The molecule has 14 heavy (non-hydrogen) atoms. The van der Waals surface area contributed by atoms with E-state index in [1.54, 1.807) is 0 Å². The van der Waals surface area contributed by atoms with E-state index in [-0.39, 0.29) is 0 Å². The normalized spacial score (nSPS) is 27.2. The van der Waals surface area contributed by atoms with Gasteiger partial charge in [0.05, 0.1) is 6.10 Å². The molecule has 0 unspecified atom stereocenters. The van der Waals surface area contributed by atoms with E-state index in [0.29, 0.717) is 6.10 Å². The second-order valence-electron chi connectivity index (χ2n) is 4.23. The standard InChI is InChI=1S/C13H17O/c1-11-7-9-13(10-8-11)14-12-5-3-2-4-6-12/h2-5,11,13H,7-10H2,1H3. The molecule has 1 aromatic carbocycles. The molecule has 1 fully saturated rings. The molecule has 1 aromatic rings. The number of ether oxygens (including phenoxy) is 1. The summed E-state index contributed by atoms with van der Waals surface area (Å²) in [6.45, 7) is 2.32. The molecule has 1 radical (unpaired) electrons. The first kappa shape index (κ1) is 9.57. The van der Waals surface area contributed by atoms with Crippen molar-refractivity contribution in [3.05, 3.63) is 30.3 Å². The van der Waals surface area contributed by atoms with Crippen molar-refractivity contribution in [2.45, 2.75) is 38.7 Å². The molecule has 0 bridgehead atoms. The maximum atomic E-state index is 5.85. The smallest absolute Gasteiger partial charge is 0.127 e. The van der Waals surface area contributed by atoms with Gasteiger partial charge in [0.2, 0.25) is 0 Å². The lowest BCUT2D eigenvalue weighted by molar-refractivity contribution is 0.135. The van der Waals surface area contributed by atoms with Crippen molar-refractivity contribution >= 4 is 0 Å². The second kappa shape index (κ2) is 4.50. The van der Waals surface area contributed by atoms with E-state index in [1.165, 1.54) is 25.7 Å². The van der Waals surface area contributed by atoms with Crippen molar-refractivity contribution in [3.63, 3.8) is 0 Å². The zero-order valence-electron chi connectivity index (χ0n) is 8.70. The van der Waals surface area contributed by atoms with Crippen molar-refractivity contribution in [1.82, 2.24) is 0 Å². The summed E-state index contributed by atoms with van der Waals surface area (Å²) < 4.78 is 5.85. The van der Waals surface area contributed by atoms with Gasteiger partial charge in [-0.1, -0.05) is 25.1 Å². The number of hydrogen-bond acceptors (Lipinski definition) is 1. The lowest BCUT2D eigenvalue weighted by Crippen LogP contribution is -2.22. The van der Waals surface area contributed by atoms with Gasteiger partial charge in [-0.2, -0.15) is 0 Å². The predicted octanol–water partition coefficient (Wildman–Crippen LogP) is 3.44. The van der Waals surface area contributed by atoms with Crippen LogP contribution in [0.3, 0.4) is 0 Å². The molecule has 1 nitrogen and oxygen atoms in total. The summed E-state index contributed by atoms with van der Waals surface area (Å²) >= 11 is 0. The molecule has 1 aliphatic rings. The van der Waals surface area contributed by atoms with Crippen LogP contribution in [0.25, 0.3) is 0 Å². The Morgan fingerprint density at radius 2 is 2.00 bits per heavy atom. The first-order valence-corrected chi connectivity index (χ1v) is 5.48. The van der Waals surface area contributed by atoms with Crippen LogP contribution in [-0.4, -0.2) is 6.10 Å². The minimum Gasteiger partial charge on any atom is -0.490 e. The Labute approximate surface area is 86.1 Å². The van der Waals surface area contributed by atoms with Crippen LogP contribution in [0.2, 0.25) is 0 Å². The molecule has 0 heterocycles. The van der Waals surface area contributed by atoms with Gasteiger partial charge < -0.3 is 4.74 Å². The fourth-order valence-corrected chi connectivity index (χ4v) is 1.98. The van der Waals surface area contributed by atoms with E-state index >= 15 is 0 Å². The summed E-state index contributed by atoms with van der Waals surface area (Å²) in [5, 5.41) is 0. The van der Waals surface area contributed by atoms with E-state index in [9.17, 15) is 0 Å². The summed E-state index contributed by atoms with van der Waals surface area (Å²) in [7, 11) is 0. The van der Waals surface area contributed by atoms with Crippen LogP contribution in [0.1, 0.15) is 32.6 Å². The van der Waals surface area contributed by atoms with E-state index in [2.05, 4.69) is 13.0 Å². The van der Waals surface area contributed by atoms with Gasteiger partial charge >= 0.3 is 0 Å². The molecule has 0 N–H and O–H groups in total. The third kappa shape index (κ3) is 2.50. The molecular formula is C13H17O. The molecular weight excluding hydrogens is 172 g/mol. The second-order valence-corrected chi connectivity index (χ2v) is 4.23. The fourth-order valence-electron chi connectivity index (χ4n) is 1.98. The van der Waals surface area contributed by atoms with Crippen LogP contribution >= 0.6 is 0 Å². The van der Waals surface area contributed by atoms with Crippen molar-refractivity contribution in [3.8, 4) is 5.75 Å². The van der Waals surface area contributed by atoms with Crippen LogP contribution < -0.4 is 4.74 Å². The van der Waals surface area contributed by atoms with Gasteiger partial charge in [-0.15, -0.1) is 0 Å². The summed E-state index contributed by atoms with van der Waals surface area (Å²) in [6.07, 6.45) is 5.42. The molecule has 2 rings (SSSR count). The monoisotopic (exact) mass is 189 g/mol. The highest BCUT2D eigenvalue weighted by atomic mass is 16.5. The van der Waals surface area contributed by atoms with Crippen LogP contribution in [0.5, 0.6) is 5.75 Å². The Morgan fingerprint density at radius 3 is 2.64 bits per heavy atom. The molecule has 1 heteroatoms. The van der Waals surface area contributed by atoms with Crippen LogP contribution in [0.4, 0.5) is 0 Å². The largest absolute Gasteiger partial charge is 0.490 e. The van der Waals surface area contributed by atoms with E-state index < -0.39 is 0 Å². The van der Waals surface area contributed by atoms with Gasteiger partial charge in [-0.05, 0) is 37.7 Å². The fraction of sp³-hybridized carbons (Fsp3) is 0.538. The summed E-state index contributed by atoms with van der Waals surface area (Å²) in [5.74, 6) is 1.78. The number of para-hydroxylation sites is 1. The van der Waals surface area contributed by atoms with Crippen molar-refractivity contribution in [2.75, 3.05) is 0 Å². The number of benzene rings is 1. The number of rotatable bonds is 2. The molecule has 1 saturated carbocycles. The van der Waals surface area contributed by atoms with Gasteiger partial charge in [0, 0.05) is 6.07 Å². The highest BCUT2D eigenvalue weighted by Gasteiger charge is 2.19. The molecule has 0 atom stereocenters. The molecule has 0 amide bonds. The minimum absolute atomic E-state index is 0.421. The summed E-state index contributed by atoms with van der Waals surface area (Å²) in [6, 6.07) is 11.0. The molecule has 0 spiro atoms. The van der Waals surface area contributed by atoms with Gasteiger partial charge in [0.25, 0.3) is 0 Å². The predicted molar refractivity (Wildman–Crippen MR) is 57.3 cm³/mol. The highest BCUT2D eigenvalue weighted by Crippen LogP contribution is 2.26. The lowest BCUT2D eigenvalue weighted by atomic mass is 9.89. The topological polar surface area (TPSA) is 9.23 Å². The zero-order valence-corrected chi connectivity index (χ0v) is 8.70. The quantitative estimate of drug-likeness (QED) is 0.692. The van der Waals surface area contributed by atoms with Gasteiger partial charge in [-0.3, -0.25) is 0 Å². The average Bonchev–Trinajstić information content (AvgIpc) is 2.23. The van der Waals surface area contributed by atoms with Gasteiger partial charge in [0.15, 0.2) is 0 Å². The summed E-state index contributed by atoms with van der Waals surface area (Å²) in [4.78, 5) is 0. The molecule has 1 aliphatic carbocycles. The first-order valence-electron chi connectivity index (χ1n) is 5.48. The summed E-state index contributed by atoms with van der Waals surface area (Å²) in [5.41, 5.74) is 0. The average molecular weight is 189 g/mol. The van der Waals surface area contributed by atoms with Crippen molar-refractivity contribution in [1.29, 1.82) is 0 Å². The van der Waals surface area contributed by atoms with Gasteiger partial charge in [0.1, 0.15) is 5.75 Å².